The van der Waals surface area contributed by atoms with Gasteiger partial charge in [-0.05, 0) is 30.5 Å². The molecule has 0 bridgehead atoms. The molecule has 1 fully saturated rings. The second-order valence-electron chi connectivity index (χ2n) is 6.37. The van der Waals surface area contributed by atoms with E-state index < -0.39 is 17.7 Å². The topological polar surface area (TPSA) is 61.4 Å². The van der Waals surface area contributed by atoms with Crippen LogP contribution in [0.3, 0.4) is 0 Å². The van der Waals surface area contributed by atoms with Crippen LogP contribution in [0, 0.1) is 0 Å². The first-order valence-electron chi connectivity index (χ1n) is 8.36. The molecule has 0 heterocycles. The number of carbonyl (C=O) groups is 1. The maximum atomic E-state index is 12.1. The van der Waals surface area contributed by atoms with Crippen molar-refractivity contribution in [2.45, 2.75) is 43.9 Å². The van der Waals surface area contributed by atoms with Gasteiger partial charge in [-0.25, -0.2) is 0 Å². The quantitative estimate of drug-likeness (QED) is 0.731. The summed E-state index contributed by atoms with van der Waals surface area (Å²) >= 11 is 0. The Labute approximate surface area is 145 Å². The molecular formula is C18H23F3N2O2. The highest BCUT2D eigenvalue weighted by molar-refractivity contribution is 5.81. The minimum atomic E-state index is -4.86. The summed E-state index contributed by atoms with van der Waals surface area (Å²) in [5, 5.41) is 15.5. The highest BCUT2D eigenvalue weighted by atomic mass is 19.4. The van der Waals surface area contributed by atoms with Crippen molar-refractivity contribution >= 4 is 17.7 Å². The van der Waals surface area contributed by atoms with Crippen LogP contribution in [0.5, 0.6) is 0 Å². The van der Waals surface area contributed by atoms with E-state index in [0.29, 0.717) is 6.54 Å². The average Bonchev–Trinajstić information content (AvgIpc) is 2.57. The Kier molecular flexibility index (Phi) is 6.47. The van der Waals surface area contributed by atoms with E-state index in [0.717, 1.165) is 43.4 Å². The van der Waals surface area contributed by atoms with Gasteiger partial charge in [-0.1, -0.05) is 43.5 Å². The van der Waals surface area contributed by atoms with Gasteiger partial charge in [-0.15, -0.1) is 0 Å². The van der Waals surface area contributed by atoms with Crippen LogP contribution >= 0.6 is 0 Å². The summed E-state index contributed by atoms with van der Waals surface area (Å²) in [6.45, 7) is 0.275. The van der Waals surface area contributed by atoms with Gasteiger partial charge in [0.25, 0.3) is 0 Å². The van der Waals surface area contributed by atoms with E-state index in [9.17, 15) is 23.1 Å². The Balaban J connectivity index is 1.84. The number of hydrogen-bond donors (Lipinski definition) is 3. The number of rotatable bonds is 6. The van der Waals surface area contributed by atoms with Gasteiger partial charge in [0.15, 0.2) is 0 Å². The van der Waals surface area contributed by atoms with Gasteiger partial charge in [0, 0.05) is 18.8 Å². The molecule has 0 radical (unpaired) electrons. The number of aliphatic hydroxyl groups is 1. The van der Waals surface area contributed by atoms with E-state index in [1.54, 1.807) is 11.4 Å². The average molecular weight is 356 g/mol. The highest BCUT2D eigenvalue weighted by Crippen LogP contribution is 2.28. The van der Waals surface area contributed by atoms with Crippen LogP contribution in [0.1, 0.15) is 37.7 Å². The number of carbonyl (C=O) groups excluding carboxylic acids is 1. The maximum absolute atomic E-state index is 12.1. The number of halogens is 3. The summed E-state index contributed by atoms with van der Waals surface area (Å²) in [6.07, 6.45) is 3.03. The molecule has 1 aromatic carbocycles. The lowest BCUT2D eigenvalue weighted by molar-refractivity contribution is -0.173. The molecule has 0 unspecified atom stereocenters. The van der Waals surface area contributed by atoms with Crippen molar-refractivity contribution in [2.75, 3.05) is 18.4 Å². The zero-order valence-corrected chi connectivity index (χ0v) is 13.9. The fraction of sp³-hybridized carbons (Fsp3) is 0.500. The van der Waals surface area contributed by atoms with Crippen molar-refractivity contribution in [1.29, 1.82) is 0 Å². The molecule has 1 aliphatic rings. The van der Waals surface area contributed by atoms with E-state index >= 15 is 0 Å². The Morgan fingerprint density at radius 2 is 1.96 bits per heavy atom. The Hall–Kier alpha value is -2.02. The van der Waals surface area contributed by atoms with Crippen LogP contribution in [-0.4, -0.2) is 35.9 Å². The molecular weight excluding hydrogens is 333 g/mol. The fourth-order valence-electron chi connectivity index (χ4n) is 2.85. The highest BCUT2D eigenvalue weighted by Gasteiger charge is 2.38. The summed E-state index contributed by atoms with van der Waals surface area (Å²) in [4.78, 5) is 10.7. The normalized spacial score (nSPS) is 17.4. The van der Waals surface area contributed by atoms with E-state index in [2.05, 4.69) is 5.32 Å². The van der Waals surface area contributed by atoms with Crippen molar-refractivity contribution in [1.82, 2.24) is 5.32 Å². The van der Waals surface area contributed by atoms with Crippen LogP contribution < -0.4 is 10.6 Å². The first-order valence-corrected chi connectivity index (χ1v) is 8.36. The van der Waals surface area contributed by atoms with Gasteiger partial charge in [0.05, 0.1) is 5.60 Å². The van der Waals surface area contributed by atoms with Crippen LogP contribution in [0.2, 0.25) is 0 Å². The molecule has 0 aromatic heterocycles. The van der Waals surface area contributed by atoms with Crippen molar-refractivity contribution in [3.05, 3.63) is 35.9 Å². The Morgan fingerprint density at radius 3 is 2.64 bits per heavy atom. The Bertz CT molecular complexity index is 609. The van der Waals surface area contributed by atoms with E-state index in [-0.39, 0.29) is 6.54 Å². The Morgan fingerprint density at radius 1 is 1.24 bits per heavy atom. The SMILES string of the molecule is O=C(NC/C=C/c1cccc(NCC2(O)CCCCC2)c1)C(F)(F)F. The van der Waals surface area contributed by atoms with Gasteiger partial charge in [-0.3, -0.25) is 4.79 Å². The largest absolute Gasteiger partial charge is 0.471 e. The predicted molar refractivity (Wildman–Crippen MR) is 91.1 cm³/mol. The molecule has 0 atom stereocenters. The predicted octanol–water partition coefficient (Wildman–Crippen LogP) is 3.49. The van der Waals surface area contributed by atoms with Crippen LogP contribution in [-0.2, 0) is 4.79 Å². The third-order valence-corrected chi connectivity index (χ3v) is 4.24. The first-order chi connectivity index (χ1) is 11.8. The lowest BCUT2D eigenvalue weighted by atomic mass is 9.85. The fourth-order valence-corrected chi connectivity index (χ4v) is 2.85. The molecule has 1 saturated carbocycles. The third-order valence-electron chi connectivity index (χ3n) is 4.24. The summed E-state index contributed by atoms with van der Waals surface area (Å²) < 4.78 is 36.2. The molecule has 7 heteroatoms. The van der Waals surface area contributed by atoms with E-state index in [1.807, 2.05) is 24.3 Å². The smallest absolute Gasteiger partial charge is 0.388 e. The van der Waals surface area contributed by atoms with Crippen molar-refractivity contribution in [2.24, 2.45) is 0 Å². The molecule has 1 amide bonds. The zero-order chi connectivity index (χ0) is 18.3. The molecule has 0 aliphatic heterocycles. The summed E-state index contributed by atoms with van der Waals surface area (Å²) in [6, 6.07) is 7.34. The van der Waals surface area contributed by atoms with Crippen molar-refractivity contribution in [3.8, 4) is 0 Å². The van der Waals surface area contributed by atoms with Gasteiger partial charge >= 0.3 is 12.1 Å². The molecule has 0 saturated heterocycles. The van der Waals surface area contributed by atoms with E-state index in [4.69, 9.17) is 0 Å². The van der Waals surface area contributed by atoms with E-state index in [1.165, 1.54) is 6.08 Å². The maximum Gasteiger partial charge on any atom is 0.471 e. The molecule has 25 heavy (non-hydrogen) atoms. The molecule has 4 nitrogen and oxygen atoms in total. The number of anilines is 1. The van der Waals surface area contributed by atoms with Crippen LogP contribution in [0.15, 0.2) is 30.3 Å². The van der Waals surface area contributed by atoms with Crippen molar-refractivity contribution < 1.29 is 23.1 Å². The van der Waals surface area contributed by atoms with Crippen LogP contribution in [0.25, 0.3) is 6.08 Å². The number of amides is 1. The van der Waals surface area contributed by atoms with Crippen LogP contribution in [0.4, 0.5) is 18.9 Å². The molecule has 3 N–H and O–H groups in total. The molecule has 0 spiro atoms. The van der Waals surface area contributed by atoms with Crippen molar-refractivity contribution in [3.63, 3.8) is 0 Å². The minimum Gasteiger partial charge on any atom is -0.388 e. The summed E-state index contributed by atoms with van der Waals surface area (Å²) in [5.41, 5.74) is 0.953. The number of nitrogens with one attached hydrogen (secondary N) is 2. The number of hydrogen-bond acceptors (Lipinski definition) is 3. The second kappa shape index (κ2) is 8.38. The zero-order valence-electron chi connectivity index (χ0n) is 13.9. The molecule has 1 aromatic rings. The lowest BCUT2D eigenvalue weighted by Crippen LogP contribution is -2.38. The van der Waals surface area contributed by atoms with Gasteiger partial charge in [0.1, 0.15) is 0 Å². The third kappa shape index (κ3) is 6.42. The minimum absolute atomic E-state index is 0.199. The molecule has 138 valence electrons. The van der Waals surface area contributed by atoms with Gasteiger partial charge < -0.3 is 15.7 Å². The summed E-state index contributed by atoms with van der Waals surface area (Å²) in [5.74, 6) is -1.95. The lowest BCUT2D eigenvalue weighted by Gasteiger charge is -2.32. The van der Waals surface area contributed by atoms with Gasteiger partial charge in [-0.2, -0.15) is 13.2 Å². The second-order valence-corrected chi connectivity index (χ2v) is 6.37. The number of benzene rings is 1. The monoisotopic (exact) mass is 356 g/mol. The molecule has 1 aliphatic carbocycles. The number of alkyl halides is 3. The summed E-state index contributed by atoms with van der Waals surface area (Å²) in [7, 11) is 0. The van der Waals surface area contributed by atoms with Gasteiger partial charge in [0.2, 0.25) is 0 Å². The first kappa shape index (κ1) is 19.3. The standard InChI is InChI=1S/C18H23F3N2O2/c19-18(20,21)16(24)22-11-5-7-14-6-4-8-15(12-14)23-13-17(25)9-2-1-3-10-17/h4-8,12,23,25H,1-3,9-11,13H2,(H,22,24)/b7-5+. The molecule has 2 rings (SSSR count).